The molecule has 3 heterocycles. The summed E-state index contributed by atoms with van der Waals surface area (Å²) < 4.78 is 38.5. The zero-order chi connectivity index (χ0) is 41.2. The van der Waals surface area contributed by atoms with Crippen molar-refractivity contribution in [2.24, 2.45) is 7.05 Å². The van der Waals surface area contributed by atoms with Gasteiger partial charge in [0.2, 0.25) is 0 Å². The van der Waals surface area contributed by atoms with Gasteiger partial charge >= 0.3 is 6.09 Å². The van der Waals surface area contributed by atoms with Crippen molar-refractivity contribution in [2.75, 3.05) is 31.5 Å². The average molecular weight is 806 g/mol. The highest BCUT2D eigenvalue weighted by Crippen LogP contribution is 2.43. The summed E-state index contributed by atoms with van der Waals surface area (Å²) in [6.45, 7) is 6.60. The van der Waals surface area contributed by atoms with Gasteiger partial charge in [-0.1, -0.05) is 103 Å². The summed E-state index contributed by atoms with van der Waals surface area (Å²) in [7, 11) is 1.57. The Labute approximate surface area is 339 Å². The van der Waals surface area contributed by atoms with Gasteiger partial charge in [0.25, 0.3) is 18.2 Å². The SMILES string of the molecule is Cn1c(-c2cn(C(c3ccccc3)(c3ccccc3)c3ccccc3)nc2C(F)F)cnc1C(=O)Nc1ccc(C(=O)N2CCN(C(=O)OC(C)(C)C)CC2)c(Cl)c1. The van der Waals surface area contributed by atoms with Gasteiger partial charge in [0.1, 0.15) is 16.8 Å². The topological polar surface area (TPSA) is 115 Å². The molecule has 1 N–H and O–H groups in total. The summed E-state index contributed by atoms with van der Waals surface area (Å²) in [5.74, 6) is -0.991. The number of anilines is 1. The second-order valence-electron chi connectivity index (χ2n) is 14.9. The second kappa shape index (κ2) is 16.3. The van der Waals surface area contributed by atoms with Crippen LogP contribution in [0, 0.1) is 0 Å². The molecule has 298 valence electrons. The predicted molar refractivity (Wildman–Crippen MR) is 217 cm³/mol. The molecule has 58 heavy (non-hydrogen) atoms. The van der Waals surface area contributed by atoms with Crippen molar-refractivity contribution in [1.82, 2.24) is 29.1 Å². The minimum atomic E-state index is -2.96. The fourth-order valence-electron chi connectivity index (χ4n) is 7.27. The number of rotatable bonds is 9. The third kappa shape index (κ3) is 7.82. The molecular formula is C44H42ClF2N7O4. The van der Waals surface area contributed by atoms with Crippen molar-refractivity contribution in [1.29, 1.82) is 0 Å². The van der Waals surface area contributed by atoms with E-state index >= 15 is 8.78 Å². The lowest BCUT2D eigenvalue weighted by Gasteiger charge is -2.36. The van der Waals surface area contributed by atoms with E-state index in [2.05, 4.69) is 15.4 Å². The molecule has 3 amide bonds. The van der Waals surface area contributed by atoms with Crippen LogP contribution in [0.5, 0.6) is 0 Å². The van der Waals surface area contributed by atoms with Gasteiger partial charge in [0, 0.05) is 50.7 Å². The Bertz CT molecular complexity index is 2330. The highest BCUT2D eigenvalue weighted by molar-refractivity contribution is 6.34. The van der Waals surface area contributed by atoms with Crippen LogP contribution in [-0.4, -0.2) is 78.8 Å². The summed E-state index contributed by atoms with van der Waals surface area (Å²) in [6, 6.07) is 33.3. The van der Waals surface area contributed by atoms with E-state index in [1.54, 1.807) is 54.6 Å². The summed E-state index contributed by atoms with van der Waals surface area (Å²) in [4.78, 5) is 47.0. The van der Waals surface area contributed by atoms with Crippen molar-refractivity contribution in [2.45, 2.75) is 38.3 Å². The molecule has 1 saturated heterocycles. The van der Waals surface area contributed by atoms with Gasteiger partial charge in [-0.15, -0.1) is 0 Å². The van der Waals surface area contributed by atoms with E-state index in [-0.39, 0.29) is 33.6 Å². The fourth-order valence-corrected chi connectivity index (χ4v) is 7.53. The van der Waals surface area contributed by atoms with Crippen molar-refractivity contribution in [3.8, 4) is 11.3 Å². The van der Waals surface area contributed by atoms with Crippen LogP contribution >= 0.6 is 11.6 Å². The average Bonchev–Trinajstić information content (AvgIpc) is 3.83. The molecule has 0 spiro atoms. The molecule has 1 aliphatic rings. The van der Waals surface area contributed by atoms with E-state index < -0.39 is 35.3 Å². The molecule has 0 radical (unpaired) electrons. The van der Waals surface area contributed by atoms with Crippen LogP contribution in [0.2, 0.25) is 5.02 Å². The first kappa shape index (κ1) is 39.9. The lowest BCUT2D eigenvalue weighted by molar-refractivity contribution is 0.0141. The maximum atomic E-state index is 15.0. The number of nitrogens with zero attached hydrogens (tertiary/aromatic N) is 6. The Kier molecular flexibility index (Phi) is 11.2. The van der Waals surface area contributed by atoms with Crippen LogP contribution in [-0.2, 0) is 17.3 Å². The number of benzene rings is 4. The number of aromatic nitrogens is 4. The minimum Gasteiger partial charge on any atom is -0.444 e. The Balaban J connectivity index is 1.15. The zero-order valence-corrected chi connectivity index (χ0v) is 33.2. The third-order valence-corrected chi connectivity index (χ3v) is 10.3. The molecule has 4 aromatic carbocycles. The third-order valence-electron chi connectivity index (χ3n) is 10.0. The molecule has 0 saturated carbocycles. The lowest BCUT2D eigenvalue weighted by atomic mass is 9.77. The molecule has 0 aliphatic carbocycles. The first-order chi connectivity index (χ1) is 27.8. The molecule has 2 aromatic heterocycles. The number of imidazole rings is 1. The van der Waals surface area contributed by atoms with E-state index in [0.717, 1.165) is 16.7 Å². The molecule has 1 fully saturated rings. The number of hydrogen-bond donors (Lipinski definition) is 1. The van der Waals surface area contributed by atoms with E-state index in [1.807, 2.05) is 91.0 Å². The number of alkyl halides is 2. The molecule has 0 atom stereocenters. The standard InChI is InChI=1S/C44H42ClF2N7O4/c1-43(2,3)58-42(57)53-24-22-52(23-25-53)41(56)33-21-20-32(26-35(33)45)49-40(55)39-48-27-36(51(39)4)34-28-54(50-37(34)38(46)47)44(29-14-8-5-9-15-29,30-16-10-6-11-17-30)31-18-12-7-13-19-31/h5-21,26-28,38H,22-25H2,1-4H3,(H,49,55). The van der Waals surface area contributed by atoms with Crippen LogP contribution in [0.15, 0.2) is 122 Å². The first-order valence-corrected chi connectivity index (χ1v) is 19.1. The minimum absolute atomic E-state index is 0.0532. The predicted octanol–water partition coefficient (Wildman–Crippen LogP) is 8.66. The number of piperazine rings is 1. The van der Waals surface area contributed by atoms with E-state index in [1.165, 1.54) is 22.9 Å². The molecule has 11 nitrogen and oxygen atoms in total. The number of nitrogens with one attached hydrogen (secondary N) is 1. The van der Waals surface area contributed by atoms with Crippen molar-refractivity contribution in [3.63, 3.8) is 0 Å². The summed E-state index contributed by atoms with van der Waals surface area (Å²) in [5, 5.41) is 7.47. The van der Waals surface area contributed by atoms with Crippen molar-refractivity contribution < 1.29 is 27.9 Å². The molecule has 6 aromatic rings. The molecular weight excluding hydrogens is 764 g/mol. The summed E-state index contributed by atoms with van der Waals surface area (Å²) in [6.07, 6.45) is -0.437. The Morgan fingerprint density at radius 2 is 1.33 bits per heavy atom. The number of carbonyl (C=O) groups is 3. The van der Waals surface area contributed by atoms with Gasteiger partial charge in [0.05, 0.1) is 22.5 Å². The van der Waals surface area contributed by atoms with Crippen molar-refractivity contribution in [3.05, 3.63) is 160 Å². The highest BCUT2D eigenvalue weighted by Gasteiger charge is 2.41. The van der Waals surface area contributed by atoms with Crippen LogP contribution in [0.3, 0.4) is 0 Å². The second-order valence-corrected chi connectivity index (χ2v) is 15.3. The van der Waals surface area contributed by atoms with E-state index in [0.29, 0.717) is 31.9 Å². The van der Waals surface area contributed by atoms with Gasteiger partial charge in [-0.25, -0.2) is 18.6 Å². The Morgan fingerprint density at radius 3 is 1.83 bits per heavy atom. The molecule has 7 rings (SSSR count). The normalized spacial score (nSPS) is 13.4. The number of halogens is 3. The number of ether oxygens (including phenoxy) is 1. The Hall–Kier alpha value is -6.34. The maximum absolute atomic E-state index is 15.0. The van der Waals surface area contributed by atoms with Gasteiger partial charge in [-0.05, 0) is 55.7 Å². The quantitative estimate of drug-likeness (QED) is 0.146. The maximum Gasteiger partial charge on any atom is 0.410 e. The summed E-state index contributed by atoms with van der Waals surface area (Å²) >= 11 is 6.57. The van der Waals surface area contributed by atoms with Gasteiger partial charge in [-0.2, -0.15) is 5.10 Å². The molecule has 0 bridgehead atoms. The fraction of sp³-hybridized carbons (Fsp3) is 0.250. The first-order valence-electron chi connectivity index (χ1n) is 18.7. The monoisotopic (exact) mass is 805 g/mol. The lowest BCUT2D eigenvalue weighted by Crippen LogP contribution is -2.51. The van der Waals surface area contributed by atoms with E-state index in [9.17, 15) is 14.4 Å². The van der Waals surface area contributed by atoms with Gasteiger partial charge < -0.3 is 24.4 Å². The van der Waals surface area contributed by atoms with Crippen LogP contribution < -0.4 is 5.32 Å². The van der Waals surface area contributed by atoms with Crippen LogP contribution in [0.1, 0.15) is 70.6 Å². The molecule has 14 heteroatoms. The smallest absolute Gasteiger partial charge is 0.410 e. The zero-order valence-electron chi connectivity index (χ0n) is 32.4. The van der Waals surface area contributed by atoms with E-state index in [4.69, 9.17) is 16.3 Å². The Morgan fingerprint density at radius 1 is 0.793 bits per heavy atom. The largest absolute Gasteiger partial charge is 0.444 e. The number of carbonyl (C=O) groups excluding carboxylic acids is 3. The highest BCUT2D eigenvalue weighted by atomic mass is 35.5. The van der Waals surface area contributed by atoms with Gasteiger partial charge in [0.15, 0.2) is 5.82 Å². The summed E-state index contributed by atoms with van der Waals surface area (Å²) in [5.41, 5.74) is 1.06. The number of amides is 3. The van der Waals surface area contributed by atoms with Crippen LogP contribution in [0.4, 0.5) is 19.3 Å². The van der Waals surface area contributed by atoms with Crippen LogP contribution in [0.25, 0.3) is 11.3 Å². The number of hydrogen-bond acceptors (Lipinski definition) is 6. The molecule has 1 aliphatic heterocycles. The molecule has 0 unspecified atom stereocenters. The van der Waals surface area contributed by atoms with Gasteiger partial charge in [-0.3, -0.25) is 14.3 Å². The van der Waals surface area contributed by atoms with Crippen molar-refractivity contribution >= 4 is 35.2 Å².